The summed E-state index contributed by atoms with van der Waals surface area (Å²) in [7, 11) is 4.13. The molecule has 0 heterocycles. The Kier molecular flexibility index (Phi) is 7.72. The van der Waals surface area contributed by atoms with Gasteiger partial charge < -0.3 is 18.9 Å². The van der Waals surface area contributed by atoms with Crippen molar-refractivity contribution >= 4 is 11.9 Å². The highest BCUT2D eigenvalue weighted by Crippen LogP contribution is 2.44. The molecule has 0 saturated carbocycles. The van der Waals surface area contributed by atoms with Crippen LogP contribution in [0.5, 0.6) is 0 Å². The molecule has 1 rings (SSSR count). The van der Waals surface area contributed by atoms with Gasteiger partial charge in [0.1, 0.15) is 6.79 Å². The second-order valence-corrected chi connectivity index (χ2v) is 6.20. The lowest BCUT2D eigenvalue weighted by atomic mass is 9.66. The molecule has 0 saturated heterocycles. The number of hydrogen-bond acceptors (Lipinski definition) is 6. The Morgan fingerprint density at radius 2 is 1.83 bits per heavy atom. The zero-order valence-electron chi connectivity index (χ0n) is 14.7. The molecule has 0 bridgehead atoms. The predicted molar refractivity (Wildman–Crippen MR) is 84.5 cm³/mol. The molecule has 1 aliphatic carbocycles. The van der Waals surface area contributed by atoms with Gasteiger partial charge >= 0.3 is 11.9 Å². The van der Waals surface area contributed by atoms with Crippen LogP contribution in [-0.2, 0) is 28.5 Å². The number of rotatable bonds is 8. The van der Waals surface area contributed by atoms with Crippen molar-refractivity contribution in [2.75, 3.05) is 28.1 Å². The normalized spacial score (nSPS) is 27.0. The Labute approximate surface area is 138 Å². The van der Waals surface area contributed by atoms with E-state index in [1.54, 1.807) is 7.11 Å². The van der Waals surface area contributed by atoms with E-state index in [0.717, 1.165) is 6.42 Å². The van der Waals surface area contributed by atoms with Crippen LogP contribution in [0.2, 0.25) is 0 Å². The van der Waals surface area contributed by atoms with Crippen LogP contribution in [-0.4, -0.2) is 46.2 Å². The van der Waals surface area contributed by atoms with E-state index in [1.807, 2.05) is 6.08 Å². The first-order chi connectivity index (χ1) is 10.9. The molecule has 1 aliphatic rings. The van der Waals surface area contributed by atoms with Crippen LogP contribution in [0.25, 0.3) is 0 Å². The Balaban J connectivity index is 2.85. The van der Waals surface area contributed by atoms with E-state index in [9.17, 15) is 9.59 Å². The Hall–Kier alpha value is -1.40. The predicted octanol–water partition coefficient (Wildman–Crippen LogP) is 2.32. The van der Waals surface area contributed by atoms with Crippen molar-refractivity contribution in [3.8, 4) is 0 Å². The molecule has 0 spiro atoms. The molecule has 3 atom stereocenters. The quantitative estimate of drug-likeness (QED) is 0.295. The van der Waals surface area contributed by atoms with Gasteiger partial charge in [0.25, 0.3) is 0 Å². The van der Waals surface area contributed by atoms with E-state index < -0.39 is 17.9 Å². The minimum atomic E-state index is -0.900. The first-order valence-electron chi connectivity index (χ1n) is 7.83. The van der Waals surface area contributed by atoms with Crippen LogP contribution in [0.15, 0.2) is 12.2 Å². The number of carbonyl (C=O) groups is 2. The van der Waals surface area contributed by atoms with Gasteiger partial charge in [-0.3, -0.25) is 9.59 Å². The van der Waals surface area contributed by atoms with E-state index in [2.05, 4.69) is 19.9 Å². The highest BCUT2D eigenvalue weighted by Gasteiger charge is 2.42. The van der Waals surface area contributed by atoms with Crippen molar-refractivity contribution in [3.05, 3.63) is 12.2 Å². The Morgan fingerprint density at radius 3 is 2.35 bits per heavy atom. The average molecular weight is 328 g/mol. The zero-order valence-corrected chi connectivity index (χ0v) is 14.7. The van der Waals surface area contributed by atoms with Crippen molar-refractivity contribution in [3.63, 3.8) is 0 Å². The van der Waals surface area contributed by atoms with Crippen molar-refractivity contribution in [1.82, 2.24) is 0 Å². The van der Waals surface area contributed by atoms with Gasteiger partial charge in [-0.05, 0) is 25.2 Å². The van der Waals surface area contributed by atoms with E-state index in [4.69, 9.17) is 18.9 Å². The molecule has 6 heteroatoms. The van der Waals surface area contributed by atoms with E-state index in [0.29, 0.717) is 18.8 Å². The molecule has 0 unspecified atom stereocenters. The lowest BCUT2D eigenvalue weighted by Gasteiger charge is -2.43. The van der Waals surface area contributed by atoms with E-state index in [-0.39, 0.29) is 18.3 Å². The molecule has 6 nitrogen and oxygen atoms in total. The highest BCUT2D eigenvalue weighted by atomic mass is 16.7. The second kappa shape index (κ2) is 9.03. The van der Waals surface area contributed by atoms with Gasteiger partial charge in [0, 0.05) is 12.5 Å². The molecule has 0 aromatic heterocycles. The van der Waals surface area contributed by atoms with E-state index >= 15 is 0 Å². The summed E-state index contributed by atoms with van der Waals surface area (Å²) in [6.45, 7) is 4.47. The fraction of sp³-hybridized carbons (Fsp3) is 0.765. The Bertz CT molecular complexity index is 417. The molecule has 0 radical (unpaired) electrons. The highest BCUT2D eigenvalue weighted by molar-refractivity contribution is 5.94. The fourth-order valence-electron chi connectivity index (χ4n) is 3.02. The van der Waals surface area contributed by atoms with Gasteiger partial charge in [0.15, 0.2) is 5.92 Å². The third kappa shape index (κ3) is 4.78. The lowest BCUT2D eigenvalue weighted by molar-refractivity contribution is -0.160. The van der Waals surface area contributed by atoms with Gasteiger partial charge in [0.05, 0.1) is 20.3 Å². The van der Waals surface area contributed by atoms with Gasteiger partial charge in [-0.1, -0.05) is 26.0 Å². The van der Waals surface area contributed by atoms with Crippen LogP contribution >= 0.6 is 0 Å². The summed E-state index contributed by atoms with van der Waals surface area (Å²) >= 11 is 0. The first kappa shape index (κ1) is 19.6. The monoisotopic (exact) mass is 328 g/mol. The summed E-state index contributed by atoms with van der Waals surface area (Å²) in [5.74, 6) is -1.67. The minimum absolute atomic E-state index is 0.123. The van der Waals surface area contributed by atoms with Crippen molar-refractivity contribution < 1.29 is 28.5 Å². The molecule has 23 heavy (non-hydrogen) atoms. The molecule has 0 aromatic carbocycles. The van der Waals surface area contributed by atoms with Crippen molar-refractivity contribution in [2.24, 2.45) is 17.3 Å². The smallest absolute Gasteiger partial charge is 0.320 e. The van der Waals surface area contributed by atoms with Gasteiger partial charge in [0.2, 0.25) is 0 Å². The van der Waals surface area contributed by atoms with Gasteiger partial charge in [-0.25, -0.2) is 0 Å². The van der Waals surface area contributed by atoms with Crippen molar-refractivity contribution in [2.45, 2.75) is 39.2 Å². The number of esters is 2. The summed E-state index contributed by atoms with van der Waals surface area (Å²) in [6, 6.07) is 0. The molecule has 0 fully saturated rings. The molecule has 132 valence electrons. The van der Waals surface area contributed by atoms with Crippen LogP contribution in [0.4, 0.5) is 0 Å². The maximum Gasteiger partial charge on any atom is 0.320 e. The van der Waals surface area contributed by atoms with Gasteiger partial charge in [-0.15, -0.1) is 0 Å². The summed E-state index contributed by atoms with van der Waals surface area (Å²) in [6.07, 6.45) is 5.95. The molecule has 0 N–H and O–H groups in total. The summed E-state index contributed by atoms with van der Waals surface area (Å²) in [4.78, 5) is 23.7. The van der Waals surface area contributed by atoms with E-state index in [1.165, 1.54) is 14.2 Å². The Morgan fingerprint density at radius 1 is 1.22 bits per heavy atom. The lowest BCUT2D eigenvalue weighted by Crippen LogP contribution is -2.42. The summed E-state index contributed by atoms with van der Waals surface area (Å²) < 4.78 is 20.2. The number of methoxy groups -OCH3 is 3. The van der Waals surface area contributed by atoms with Crippen LogP contribution < -0.4 is 0 Å². The van der Waals surface area contributed by atoms with Crippen molar-refractivity contribution in [1.29, 1.82) is 0 Å². The van der Waals surface area contributed by atoms with Crippen LogP contribution in [0.3, 0.4) is 0 Å². The minimum Gasteiger partial charge on any atom is -0.468 e. The topological polar surface area (TPSA) is 71.1 Å². The maximum atomic E-state index is 11.8. The fourth-order valence-corrected chi connectivity index (χ4v) is 3.02. The maximum absolute atomic E-state index is 11.8. The van der Waals surface area contributed by atoms with Gasteiger partial charge in [-0.2, -0.15) is 0 Å². The third-order valence-electron chi connectivity index (χ3n) is 4.88. The molecular formula is C17H28O6. The number of ether oxygens (including phenoxy) is 4. The molecule has 0 aromatic rings. The SMILES string of the molecule is COCO[C@@H]1C=CC[C@H](C)[C@]1(C)CCC(C(=O)OC)C(=O)OC. The molecule has 0 aliphatic heterocycles. The summed E-state index contributed by atoms with van der Waals surface area (Å²) in [5.41, 5.74) is -0.201. The largest absolute Gasteiger partial charge is 0.468 e. The second-order valence-electron chi connectivity index (χ2n) is 6.20. The summed E-state index contributed by atoms with van der Waals surface area (Å²) in [5, 5.41) is 0. The molecular weight excluding hydrogens is 300 g/mol. The zero-order chi connectivity index (χ0) is 17.5. The average Bonchev–Trinajstić information content (AvgIpc) is 2.55. The third-order valence-corrected chi connectivity index (χ3v) is 4.88. The first-order valence-corrected chi connectivity index (χ1v) is 7.83. The number of carbonyl (C=O) groups excluding carboxylic acids is 2. The van der Waals surface area contributed by atoms with Crippen LogP contribution in [0, 0.1) is 17.3 Å². The standard InChI is InChI=1S/C17H28O6/c1-12-7-6-8-14(23-11-20-3)17(12,2)10-9-13(15(18)21-4)16(19)22-5/h6,8,12-14H,7,9-11H2,1-5H3/t12-,14+,17-/m0/s1. The number of hydrogen-bond donors (Lipinski definition) is 0. The molecule has 0 amide bonds. The van der Waals surface area contributed by atoms with Crippen LogP contribution in [0.1, 0.15) is 33.1 Å². The number of allylic oxidation sites excluding steroid dienone is 1.